The number of nitrogens with zero attached hydrogens (tertiary/aromatic N) is 3. The van der Waals surface area contributed by atoms with Gasteiger partial charge in [0.05, 0.1) is 6.61 Å². The van der Waals surface area contributed by atoms with Crippen LogP contribution in [0.25, 0.3) is 5.65 Å². The average Bonchev–Trinajstić information content (AvgIpc) is 2.45. The van der Waals surface area contributed by atoms with E-state index in [9.17, 15) is 0 Å². The van der Waals surface area contributed by atoms with Crippen molar-refractivity contribution >= 4 is 21.6 Å². The lowest BCUT2D eigenvalue weighted by Crippen LogP contribution is -1.96. The Bertz CT molecular complexity index is 466. The summed E-state index contributed by atoms with van der Waals surface area (Å²) in [5, 5.41) is 4.21. The summed E-state index contributed by atoms with van der Waals surface area (Å²) in [6.07, 6.45) is 1.86. The highest BCUT2D eigenvalue weighted by atomic mass is 79.9. The van der Waals surface area contributed by atoms with Crippen LogP contribution in [0.15, 0.2) is 16.7 Å². The lowest BCUT2D eigenvalue weighted by atomic mass is 10.4. The van der Waals surface area contributed by atoms with Crippen LogP contribution in [0.5, 0.6) is 5.75 Å². The predicted molar refractivity (Wildman–Crippen MR) is 56.6 cm³/mol. The van der Waals surface area contributed by atoms with Gasteiger partial charge in [0.15, 0.2) is 11.4 Å². The summed E-state index contributed by atoms with van der Waals surface area (Å²) in [6, 6.07) is 1.90. The Labute approximate surface area is 90.0 Å². The summed E-state index contributed by atoms with van der Waals surface area (Å²) in [4.78, 5) is 4.28. The Morgan fingerprint density at radius 2 is 2.36 bits per heavy atom. The van der Waals surface area contributed by atoms with Crippen molar-refractivity contribution in [3.63, 3.8) is 0 Å². The lowest BCUT2D eigenvalue weighted by molar-refractivity contribution is 0.341. The zero-order valence-electron chi connectivity index (χ0n) is 7.99. The fourth-order valence-electron chi connectivity index (χ4n) is 1.29. The van der Waals surface area contributed by atoms with Crippen molar-refractivity contribution in [1.82, 2.24) is 14.6 Å². The molecule has 74 valence electrons. The highest BCUT2D eigenvalue weighted by Crippen LogP contribution is 2.23. The molecule has 0 aliphatic rings. The second-order valence-electron chi connectivity index (χ2n) is 2.88. The van der Waals surface area contributed by atoms with Crippen LogP contribution in [0.3, 0.4) is 0 Å². The number of rotatable bonds is 2. The first kappa shape index (κ1) is 9.45. The van der Waals surface area contributed by atoms with Crippen LogP contribution in [0.2, 0.25) is 0 Å². The molecule has 2 aromatic heterocycles. The van der Waals surface area contributed by atoms with Gasteiger partial charge in [-0.25, -0.2) is 9.50 Å². The molecule has 2 aromatic rings. The third kappa shape index (κ3) is 1.59. The highest BCUT2D eigenvalue weighted by molar-refractivity contribution is 9.10. The van der Waals surface area contributed by atoms with E-state index < -0.39 is 0 Å². The molecule has 0 amide bonds. The summed E-state index contributed by atoms with van der Waals surface area (Å²) in [5.74, 6) is 1.49. The number of pyridine rings is 1. The van der Waals surface area contributed by atoms with Crippen molar-refractivity contribution in [1.29, 1.82) is 0 Å². The quantitative estimate of drug-likeness (QED) is 0.826. The minimum absolute atomic E-state index is 0.623. The van der Waals surface area contributed by atoms with Gasteiger partial charge in [-0.05, 0) is 35.8 Å². The molecule has 0 aromatic carbocycles. The molecular weight excluding hydrogens is 246 g/mol. The largest absolute Gasteiger partial charge is 0.490 e. The minimum atomic E-state index is 0.623. The fraction of sp³-hybridized carbons (Fsp3) is 0.333. The Morgan fingerprint density at radius 1 is 1.57 bits per heavy atom. The third-order valence-corrected chi connectivity index (χ3v) is 2.21. The predicted octanol–water partition coefficient (Wildman–Crippen LogP) is 2.20. The van der Waals surface area contributed by atoms with Gasteiger partial charge in [0.2, 0.25) is 0 Å². The molecule has 4 nitrogen and oxygen atoms in total. The van der Waals surface area contributed by atoms with Crippen LogP contribution in [0, 0.1) is 6.92 Å². The summed E-state index contributed by atoms with van der Waals surface area (Å²) in [7, 11) is 0. The van der Waals surface area contributed by atoms with E-state index in [1.165, 1.54) is 0 Å². The molecule has 0 aliphatic heterocycles. The normalized spacial score (nSPS) is 10.8. The van der Waals surface area contributed by atoms with Crippen molar-refractivity contribution in [2.24, 2.45) is 0 Å². The van der Waals surface area contributed by atoms with Crippen molar-refractivity contribution in [2.75, 3.05) is 6.61 Å². The van der Waals surface area contributed by atoms with Crippen molar-refractivity contribution in [2.45, 2.75) is 13.8 Å². The molecule has 0 bridgehead atoms. The van der Waals surface area contributed by atoms with Gasteiger partial charge in [-0.3, -0.25) is 0 Å². The lowest BCUT2D eigenvalue weighted by Gasteiger charge is -2.04. The van der Waals surface area contributed by atoms with Gasteiger partial charge in [0.25, 0.3) is 0 Å². The third-order valence-electron chi connectivity index (χ3n) is 1.77. The Kier molecular flexibility index (Phi) is 2.41. The molecule has 0 radical (unpaired) electrons. The molecule has 0 spiro atoms. The van der Waals surface area contributed by atoms with Crippen molar-refractivity contribution < 1.29 is 4.74 Å². The first-order valence-electron chi connectivity index (χ1n) is 4.36. The van der Waals surface area contributed by atoms with E-state index in [2.05, 4.69) is 26.0 Å². The van der Waals surface area contributed by atoms with Gasteiger partial charge in [0.1, 0.15) is 5.82 Å². The first-order chi connectivity index (χ1) is 6.70. The van der Waals surface area contributed by atoms with E-state index in [1.54, 1.807) is 4.52 Å². The van der Waals surface area contributed by atoms with Crippen LogP contribution in [0.1, 0.15) is 12.7 Å². The van der Waals surface area contributed by atoms with Gasteiger partial charge in [-0.15, -0.1) is 0 Å². The molecule has 14 heavy (non-hydrogen) atoms. The average molecular weight is 256 g/mol. The van der Waals surface area contributed by atoms with E-state index in [1.807, 2.05) is 26.1 Å². The second-order valence-corrected chi connectivity index (χ2v) is 3.80. The number of hydrogen-bond donors (Lipinski definition) is 0. The maximum Gasteiger partial charge on any atom is 0.198 e. The maximum absolute atomic E-state index is 5.46. The molecule has 5 heteroatoms. The minimum Gasteiger partial charge on any atom is -0.490 e. The van der Waals surface area contributed by atoms with E-state index in [4.69, 9.17) is 4.74 Å². The molecular formula is C9H10BrN3O. The summed E-state index contributed by atoms with van der Waals surface area (Å²) < 4.78 is 8.10. The molecule has 0 saturated heterocycles. The topological polar surface area (TPSA) is 39.4 Å². The molecule has 2 heterocycles. The number of fused-ring (bicyclic) bond motifs is 1. The van der Waals surface area contributed by atoms with Gasteiger partial charge in [-0.1, -0.05) is 0 Å². The fourth-order valence-corrected chi connectivity index (χ4v) is 1.70. The molecule has 2 rings (SSSR count). The van der Waals surface area contributed by atoms with Gasteiger partial charge < -0.3 is 4.74 Å². The highest BCUT2D eigenvalue weighted by Gasteiger charge is 2.07. The number of aromatic nitrogens is 3. The molecule has 0 unspecified atom stereocenters. The SMILES string of the molecule is CCOc1cc(Br)cn2nc(C)nc12. The maximum atomic E-state index is 5.46. The molecule has 0 aliphatic carbocycles. The van der Waals surface area contributed by atoms with Crippen LogP contribution in [-0.2, 0) is 0 Å². The van der Waals surface area contributed by atoms with Crippen LogP contribution < -0.4 is 4.74 Å². The summed E-state index contributed by atoms with van der Waals surface area (Å²) >= 11 is 3.39. The number of halogens is 1. The van der Waals surface area contributed by atoms with Gasteiger partial charge in [0, 0.05) is 10.7 Å². The van der Waals surface area contributed by atoms with E-state index in [0.29, 0.717) is 6.61 Å². The summed E-state index contributed by atoms with van der Waals surface area (Å²) in [6.45, 7) is 4.43. The van der Waals surface area contributed by atoms with Crippen LogP contribution >= 0.6 is 15.9 Å². The standard InChI is InChI=1S/C9H10BrN3O/c1-3-14-8-4-7(10)5-13-9(8)11-6(2)12-13/h4-5H,3H2,1-2H3. The summed E-state index contributed by atoms with van der Waals surface area (Å²) in [5.41, 5.74) is 0.757. The van der Waals surface area contributed by atoms with Crippen molar-refractivity contribution in [3.8, 4) is 5.75 Å². The Balaban J connectivity index is 2.66. The number of ether oxygens (including phenoxy) is 1. The van der Waals surface area contributed by atoms with E-state index in [0.717, 1.165) is 21.7 Å². The molecule has 0 atom stereocenters. The Hall–Kier alpha value is -1.10. The molecule has 0 fully saturated rings. The number of aryl methyl sites for hydroxylation is 1. The molecule has 0 N–H and O–H groups in total. The van der Waals surface area contributed by atoms with Gasteiger partial charge >= 0.3 is 0 Å². The Morgan fingerprint density at radius 3 is 3.07 bits per heavy atom. The van der Waals surface area contributed by atoms with Crippen molar-refractivity contribution in [3.05, 3.63) is 22.6 Å². The van der Waals surface area contributed by atoms with Crippen LogP contribution in [-0.4, -0.2) is 21.2 Å². The van der Waals surface area contributed by atoms with E-state index >= 15 is 0 Å². The number of hydrogen-bond acceptors (Lipinski definition) is 3. The smallest absolute Gasteiger partial charge is 0.198 e. The molecule has 0 saturated carbocycles. The first-order valence-corrected chi connectivity index (χ1v) is 5.15. The van der Waals surface area contributed by atoms with Gasteiger partial charge in [-0.2, -0.15) is 5.10 Å². The van der Waals surface area contributed by atoms with E-state index in [-0.39, 0.29) is 0 Å². The second kappa shape index (κ2) is 3.57. The zero-order valence-corrected chi connectivity index (χ0v) is 9.58. The monoisotopic (exact) mass is 255 g/mol. The zero-order chi connectivity index (χ0) is 10.1. The van der Waals surface area contributed by atoms with Crippen LogP contribution in [0.4, 0.5) is 0 Å².